The molecule has 2 aromatic carbocycles. The van der Waals surface area contributed by atoms with Crippen LogP contribution >= 0.6 is 0 Å². The zero-order valence-electron chi connectivity index (χ0n) is 17.5. The fraction of sp³-hybridized carbons (Fsp3) is 0.200. The van der Waals surface area contributed by atoms with Gasteiger partial charge in [0.05, 0.1) is 23.7 Å². The number of hydrogen-bond acceptors (Lipinski definition) is 5. The third kappa shape index (κ3) is 6.00. The molecule has 6 nitrogen and oxygen atoms in total. The Morgan fingerprint density at radius 2 is 1.84 bits per heavy atom. The van der Waals surface area contributed by atoms with E-state index >= 15 is 0 Å². The molecule has 0 N–H and O–H groups in total. The minimum atomic E-state index is -0.635. The van der Waals surface area contributed by atoms with E-state index in [1.54, 1.807) is 12.1 Å². The molecule has 0 aliphatic carbocycles. The van der Waals surface area contributed by atoms with Crippen molar-refractivity contribution in [1.82, 2.24) is 4.98 Å². The number of nitrogens with zero attached hydrogens (tertiary/aromatic N) is 3. The van der Waals surface area contributed by atoms with E-state index in [1.807, 2.05) is 68.4 Å². The van der Waals surface area contributed by atoms with Crippen molar-refractivity contribution in [2.45, 2.75) is 20.3 Å². The molecule has 6 heteroatoms. The summed E-state index contributed by atoms with van der Waals surface area (Å²) in [5.41, 5.74) is 4.15. The molecule has 0 saturated carbocycles. The van der Waals surface area contributed by atoms with Crippen LogP contribution in [0.15, 0.2) is 60.7 Å². The van der Waals surface area contributed by atoms with Gasteiger partial charge in [-0.3, -0.25) is 4.79 Å². The lowest BCUT2D eigenvalue weighted by Gasteiger charge is -2.22. The monoisotopic (exact) mass is 413 g/mol. The van der Waals surface area contributed by atoms with Crippen LogP contribution < -0.4 is 4.90 Å². The Bertz CT molecular complexity index is 1160. The van der Waals surface area contributed by atoms with Crippen LogP contribution in [-0.4, -0.2) is 30.0 Å². The van der Waals surface area contributed by atoms with Crippen molar-refractivity contribution in [2.24, 2.45) is 0 Å². The van der Waals surface area contributed by atoms with Crippen LogP contribution in [0, 0.1) is 25.2 Å². The van der Waals surface area contributed by atoms with Crippen molar-refractivity contribution in [3.05, 3.63) is 77.5 Å². The lowest BCUT2D eigenvalue weighted by Crippen LogP contribution is -2.35. The lowest BCUT2D eigenvalue weighted by atomic mass is 10.1. The normalized spacial score (nSPS) is 10.7. The molecule has 0 bridgehead atoms. The number of carbonyl (C=O) groups excluding carboxylic acids is 2. The van der Waals surface area contributed by atoms with Gasteiger partial charge < -0.3 is 9.64 Å². The second-order valence-corrected chi connectivity index (χ2v) is 7.17. The van der Waals surface area contributed by atoms with Crippen molar-refractivity contribution in [2.75, 3.05) is 18.1 Å². The summed E-state index contributed by atoms with van der Waals surface area (Å²) in [5, 5.41) is 9.94. The van der Waals surface area contributed by atoms with Gasteiger partial charge in [-0.25, -0.2) is 9.78 Å². The average molecular weight is 413 g/mol. The van der Waals surface area contributed by atoms with Gasteiger partial charge >= 0.3 is 5.97 Å². The van der Waals surface area contributed by atoms with Crippen LogP contribution in [-0.2, 0) is 14.3 Å². The topological polar surface area (TPSA) is 83.3 Å². The van der Waals surface area contributed by atoms with E-state index in [2.05, 4.69) is 4.98 Å². The Hall–Kier alpha value is -3.98. The maximum absolute atomic E-state index is 12.7. The number of aryl methyl sites for hydroxylation is 2. The average Bonchev–Trinajstić information content (AvgIpc) is 2.75. The molecule has 0 saturated heterocycles. The minimum absolute atomic E-state index is 0.181. The van der Waals surface area contributed by atoms with Gasteiger partial charge in [-0.15, -0.1) is 0 Å². The summed E-state index contributed by atoms with van der Waals surface area (Å²) in [6.07, 6.45) is 2.98. The number of fused-ring (bicyclic) bond motifs is 1. The van der Waals surface area contributed by atoms with E-state index < -0.39 is 12.6 Å². The highest BCUT2D eigenvalue weighted by Crippen LogP contribution is 2.19. The van der Waals surface area contributed by atoms with E-state index in [4.69, 9.17) is 10.00 Å². The van der Waals surface area contributed by atoms with Crippen LogP contribution in [0.1, 0.15) is 23.2 Å². The largest absolute Gasteiger partial charge is 0.452 e. The zero-order chi connectivity index (χ0) is 22.2. The van der Waals surface area contributed by atoms with E-state index in [9.17, 15) is 9.59 Å². The molecule has 1 heterocycles. The number of ether oxygens (including phenoxy) is 1. The maximum Gasteiger partial charge on any atom is 0.331 e. The molecule has 0 atom stereocenters. The van der Waals surface area contributed by atoms with Gasteiger partial charge in [-0.2, -0.15) is 5.26 Å². The molecule has 3 rings (SSSR count). The van der Waals surface area contributed by atoms with Crippen molar-refractivity contribution in [1.29, 1.82) is 5.26 Å². The van der Waals surface area contributed by atoms with Crippen LogP contribution in [0.25, 0.3) is 17.0 Å². The Labute approximate surface area is 181 Å². The number of benzene rings is 2. The third-order valence-electron chi connectivity index (χ3n) is 4.61. The van der Waals surface area contributed by atoms with Crippen molar-refractivity contribution < 1.29 is 14.3 Å². The molecule has 1 amide bonds. The number of nitriles is 1. The number of anilines is 1. The molecule has 156 valence electrons. The summed E-state index contributed by atoms with van der Waals surface area (Å²) < 4.78 is 5.13. The molecule has 0 aliphatic heterocycles. The molecule has 0 spiro atoms. The smallest absolute Gasteiger partial charge is 0.331 e. The first-order valence-corrected chi connectivity index (χ1v) is 9.92. The lowest BCUT2D eigenvalue weighted by molar-refractivity contribution is -0.142. The van der Waals surface area contributed by atoms with Crippen LogP contribution in [0.5, 0.6) is 0 Å². The van der Waals surface area contributed by atoms with Gasteiger partial charge in [0.15, 0.2) is 6.61 Å². The van der Waals surface area contributed by atoms with Gasteiger partial charge in [0.2, 0.25) is 0 Å². The van der Waals surface area contributed by atoms with Crippen molar-refractivity contribution in [3.8, 4) is 6.07 Å². The highest BCUT2D eigenvalue weighted by atomic mass is 16.5. The summed E-state index contributed by atoms with van der Waals surface area (Å²) in [4.78, 5) is 30.7. The first-order valence-electron chi connectivity index (χ1n) is 9.92. The van der Waals surface area contributed by atoms with E-state index in [0.717, 1.165) is 22.0 Å². The molecule has 0 fully saturated rings. The van der Waals surface area contributed by atoms with Crippen LogP contribution in [0.4, 0.5) is 5.69 Å². The zero-order valence-corrected chi connectivity index (χ0v) is 17.5. The van der Waals surface area contributed by atoms with Gasteiger partial charge in [0.25, 0.3) is 5.91 Å². The van der Waals surface area contributed by atoms with Gasteiger partial charge in [-0.05, 0) is 55.3 Å². The molecule has 0 unspecified atom stereocenters. The SMILES string of the molecule is Cc1cc(C)cc(N(CCC#N)C(=O)COC(=O)/C=C/c2ccc3ccccc3n2)c1. The molecule has 0 aliphatic rings. The van der Waals surface area contributed by atoms with Crippen LogP contribution in [0.3, 0.4) is 0 Å². The molecule has 3 aromatic rings. The molecular weight excluding hydrogens is 390 g/mol. The maximum atomic E-state index is 12.7. The first kappa shape index (κ1) is 21.7. The van der Waals surface area contributed by atoms with E-state index in [0.29, 0.717) is 11.4 Å². The summed E-state index contributed by atoms with van der Waals surface area (Å²) in [5.74, 6) is -1.02. The number of carbonyl (C=O) groups is 2. The predicted molar refractivity (Wildman–Crippen MR) is 120 cm³/mol. The Kier molecular flexibility index (Phi) is 7.13. The number of hydrogen-bond donors (Lipinski definition) is 0. The number of pyridine rings is 1. The molecule has 0 radical (unpaired) electrons. The fourth-order valence-electron chi connectivity index (χ4n) is 3.25. The Morgan fingerprint density at radius 3 is 2.58 bits per heavy atom. The highest BCUT2D eigenvalue weighted by Gasteiger charge is 2.17. The number of aromatic nitrogens is 1. The number of rotatable bonds is 7. The summed E-state index contributed by atoms with van der Waals surface area (Å²) in [7, 11) is 0. The molecule has 1 aromatic heterocycles. The van der Waals surface area contributed by atoms with E-state index in [-0.39, 0.29) is 18.9 Å². The van der Waals surface area contributed by atoms with E-state index in [1.165, 1.54) is 11.0 Å². The second-order valence-electron chi connectivity index (χ2n) is 7.17. The van der Waals surface area contributed by atoms with Gasteiger partial charge in [0.1, 0.15) is 0 Å². The summed E-state index contributed by atoms with van der Waals surface area (Å²) in [6, 6.07) is 19.2. The number of amides is 1. The Morgan fingerprint density at radius 1 is 1.10 bits per heavy atom. The van der Waals surface area contributed by atoms with Gasteiger partial charge in [-0.1, -0.05) is 30.3 Å². The van der Waals surface area contributed by atoms with Crippen molar-refractivity contribution in [3.63, 3.8) is 0 Å². The van der Waals surface area contributed by atoms with Gasteiger partial charge in [0, 0.05) is 23.7 Å². The highest BCUT2D eigenvalue weighted by molar-refractivity contribution is 5.96. The Balaban J connectivity index is 1.64. The van der Waals surface area contributed by atoms with Crippen LogP contribution in [0.2, 0.25) is 0 Å². The number of para-hydroxylation sites is 1. The quantitative estimate of drug-likeness (QED) is 0.425. The minimum Gasteiger partial charge on any atom is -0.452 e. The first-order chi connectivity index (χ1) is 15.0. The molecule has 31 heavy (non-hydrogen) atoms. The fourth-order valence-corrected chi connectivity index (χ4v) is 3.25. The molecular formula is C25H23N3O3. The second kappa shape index (κ2) is 10.2. The van der Waals surface area contributed by atoms with Crippen molar-refractivity contribution >= 4 is 34.5 Å². The summed E-state index contributed by atoms with van der Waals surface area (Å²) in [6.45, 7) is 3.70. The predicted octanol–water partition coefficient (Wildman–Crippen LogP) is 4.35. The summed E-state index contributed by atoms with van der Waals surface area (Å²) >= 11 is 0. The number of esters is 1. The standard InChI is InChI=1S/C25H23N3O3/c1-18-14-19(2)16-22(15-18)28(13-5-12-26)24(29)17-31-25(30)11-10-21-9-8-20-6-3-4-7-23(20)27-21/h3-4,6-11,14-16H,5,13,17H2,1-2H3/b11-10+. The third-order valence-corrected chi connectivity index (χ3v) is 4.61.